The van der Waals surface area contributed by atoms with E-state index in [2.05, 4.69) is 10.5 Å². The van der Waals surface area contributed by atoms with Crippen molar-refractivity contribution in [3.63, 3.8) is 0 Å². The van der Waals surface area contributed by atoms with Crippen LogP contribution in [0.25, 0.3) is 0 Å². The second-order valence-electron chi connectivity index (χ2n) is 7.81. The van der Waals surface area contributed by atoms with Gasteiger partial charge < -0.3 is 28.9 Å². The van der Waals surface area contributed by atoms with E-state index in [0.717, 1.165) is 4.57 Å². The van der Waals surface area contributed by atoms with E-state index >= 15 is 0 Å². The molecule has 1 aromatic carbocycles. The lowest BCUT2D eigenvalue weighted by atomic mass is 10.1. The van der Waals surface area contributed by atoms with Crippen molar-refractivity contribution < 1.29 is 38.5 Å². The Labute approximate surface area is 187 Å². The maximum Gasteiger partial charge on any atom is 0.509 e. The summed E-state index contributed by atoms with van der Waals surface area (Å²) in [6.45, 7) is 3.48. The van der Waals surface area contributed by atoms with Crippen LogP contribution < -0.4 is 11.2 Å². The van der Waals surface area contributed by atoms with Crippen molar-refractivity contribution in [1.82, 2.24) is 9.55 Å². The summed E-state index contributed by atoms with van der Waals surface area (Å²) < 4.78 is 22.7. The molecule has 3 heterocycles. The molecule has 2 fully saturated rings. The number of nitrogens with one attached hydrogen (secondary N) is 1. The molecule has 0 spiro atoms. The van der Waals surface area contributed by atoms with Crippen molar-refractivity contribution >= 4 is 17.9 Å². The lowest BCUT2D eigenvalue weighted by Crippen LogP contribution is -2.35. The van der Waals surface area contributed by atoms with Gasteiger partial charge >= 0.3 is 17.8 Å². The summed E-state index contributed by atoms with van der Waals surface area (Å²) in [5, 5.41) is 9.87. The summed E-state index contributed by atoms with van der Waals surface area (Å²) in [6.07, 6.45) is -4.08. The number of hydrogen-bond donors (Lipinski definition) is 2. The van der Waals surface area contributed by atoms with Gasteiger partial charge in [-0.25, -0.2) is 14.4 Å². The average molecular weight is 461 g/mol. The van der Waals surface area contributed by atoms with Crippen LogP contribution in [0.5, 0.6) is 0 Å². The summed E-state index contributed by atoms with van der Waals surface area (Å²) in [6, 6.07) is 9.68. The van der Waals surface area contributed by atoms with Crippen LogP contribution in [-0.2, 0) is 23.8 Å². The minimum absolute atomic E-state index is 0.00492. The van der Waals surface area contributed by atoms with Gasteiger partial charge in [-0.1, -0.05) is 32.0 Å². The van der Waals surface area contributed by atoms with Gasteiger partial charge in [0.05, 0.1) is 12.2 Å². The topological polar surface area (TPSA) is 147 Å². The number of rotatable bonds is 8. The minimum Gasteiger partial charge on any atom is -0.424 e. The van der Waals surface area contributed by atoms with E-state index in [4.69, 9.17) is 23.8 Å². The monoisotopic (exact) mass is 461 g/mol. The van der Waals surface area contributed by atoms with Crippen molar-refractivity contribution in [3.05, 3.63) is 58.6 Å². The molecule has 2 aliphatic rings. The molecule has 0 bridgehead atoms. The third-order valence-corrected chi connectivity index (χ3v) is 5.11. The molecule has 4 rings (SSSR count). The standard InChI is InChI=1S/C21H23N3O9/c1-11(2)18(25)29-10-13-15-16(32-21(28)31-15)17(30-13)24-9-8-14(22-20(24)27)23-33-19(26)12-6-4-3-5-7-12/h3-9,11,13,15-18,25H,10H2,1-2H3,(H,22,23,27)/t13-,15-,16-,17-,18?/m1/s1. The molecule has 1 unspecified atom stereocenters. The van der Waals surface area contributed by atoms with E-state index in [1.165, 1.54) is 12.3 Å². The molecule has 0 saturated carbocycles. The number of nitrogens with zero attached hydrogens (tertiary/aromatic N) is 2. The molecule has 176 valence electrons. The first-order chi connectivity index (χ1) is 15.8. The Morgan fingerprint density at radius 2 is 1.91 bits per heavy atom. The van der Waals surface area contributed by atoms with Crippen molar-refractivity contribution in [2.24, 2.45) is 5.92 Å². The van der Waals surface area contributed by atoms with Gasteiger partial charge in [0.15, 0.2) is 30.5 Å². The zero-order chi connectivity index (χ0) is 23.5. The largest absolute Gasteiger partial charge is 0.509 e. The number of carbonyl (C=O) groups excluding carboxylic acids is 2. The van der Waals surface area contributed by atoms with Gasteiger partial charge in [-0.05, 0) is 12.1 Å². The molecule has 0 aliphatic carbocycles. The lowest BCUT2D eigenvalue weighted by molar-refractivity contribution is -0.163. The third-order valence-electron chi connectivity index (χ3n) is 5.11. The molecule has 2 N–H and O–H groups in total. The molecule has 2 aliphatic heterocycles. The summed E-state index contributed by atoms with van der Waals surface area (Å²) in [7, 11) is 0. The normalized spacial score (nSPS) is 24.7. The second-order valence-corrected chi connectivity index (χ2v) is 7.81. The predicted octanol–water partition coefficient (Wildman–Crippen LogP) is 1.22. The zero-order valence-electron chi connectivity index (χ0n) is 17.8. The van der Waals surface area contributed by atoms with Gasteiger partial charge in [-0.2, -0.15) is 10.5 Å². The number of aromatic nitrogens is 2. The summed E-state index contributed by atoms with van der Waals surface area (Å²) in [4.78, 5) is 45.1. The van der Waals surface area contributed by atoms with E-state index in [1.54, 1.807) is 44.2 Å². The van der Waals surface area contributed by atoms with Gasteiger partial charge in [0.1, 0.15) is 6.10 Å². The molecule has 33 heavy (non-hydrogen) atoms. The number of carbonyl (C=O) groups is 2. The first-order valence-electron chi connectivity index (χ1n) is 10.3. The highest BCUT2D eigenvalue weighted by Crippen LogP contribution is 2.37. The molecule has 0 amide bonds. The van der Waals surface area contributed by atoms with Crippen molar-refractivity contribution in [3.8, 4) is 0 Å². The number of hydrogen-bond acceptors (Lipinski definition) is 11. The van der Waals surface area contributed by atoms with Crippen molar-refractivity contribution in [2.45, 2.75) is 44.7 Å². The van der Waals surface area contributed by atoms with Crippen LogP contribution in [0.4, 0.5) is 10.6 Å². The third kappa shape index (κ3) is 4.97. The molecular weight excluding hydrogens is 438 g/mol. The predicted molar refractivity (Wildman–Crippen MR) is 110 cm³/mol. The van der Waals surface area contributed by atoms with Crippen LogP contribution in [0.15, 0.2) is 47.4 Å². The molecule has 5 atom stereocenters. The Morgan fingerprint density at radius 3 is 2.61 bits per heavy atom. The Hall–Kier alpha value is -3.48. The molecule has 2 aromatic rings. The molecule has 2 saturated heterocycles. The Bertz CT molecular complexity index is 1060. The fraction of sp³-hybridized carbons (Fsp3) is 0.429. The van der Waals surface area contributed by atoms with E-state index < -0.39 is 48.6 Å². The highest BCUT2D eigenvalue weighted by atomic mass is 16.8. The van der Waals surface area contributed by atoms with Gasteiger partial charge in [-0.15, -0.1) is 0 Å². The van der Waals surface area contributed by atoms with Gasteiger partial charge in [0.2, 0.25) is 0 Å². The average Bonchev–Trinajstić information content (AvgIpc) is 3.34. The molecule has 1 aromatic heterocycles. The SMILES string of the molecule is CC(C)C(O)OC[C@H]1O[C@@H](n2ccc(NOC(=O)c3ccccc3)nc2=O)[C@@H]2OC(=O)O[C@@H]21. The van der Waals surface area contributed by atoms with E-state index in [0.29, 0.717) is 5.56 Å². The van der Waals surface area contributed by atoms with E-state index in [1.807, 2.05) is 0 Å². The molecule has 0 radical (unpaired) electrons. The van der Waals surface area contributed by atoms with Crippen LogP contribution in [0.3, 0.4) is 0 Å². The lowest BCUT2D eigenvalue weighted by Gasteiger charge is -2.21. The number of anilines is 1. The fourth-order valence-electron chi connectivity index (χ4n) is 3.36. The minimum atomic E-state index is -1.03. The van der Waals surface area contributed by atoms with Crippen molar-refractivity contribution in [1.29, 1.82) is 0 Å². The van der Waals surface area contributed by atoms with Gasteiger partial charge in [-0.3, -0.25) is 4.57 Å². The van der Waals surface area contributed by atoms with Gasteiger partial charge in [0, 0.05) is 18.2 Å². The number of fused-ring (bicyclic) bond motifs is 1. The Kier molecular flexibility index (Phi) is 6.58. The Balaban J connectivity index is 1.44. The molecule has 12 heteroatoms. The number of aliphatic hydroxyl groups is 1. The maximum absolute atomic E-state index is 12.6. The summed E-state index contributed by atoms with van der Waals surface area (Å²) in [5.74, 6) is -0.803. The molecular formula is C21H23N3O9. The van der Waals surface area contributed by atoms with Crippen LogP contribution >= 0.6 is 0 Å². The van der Waals surface area contributed by atoms with E-state index in [9.17, 15) is 19.5 Å². The Morgan fingerprint density at radius 1 is 1.18 bits per heavy atom. The highest BCUT2D eigenvalue weighted by molar-refractivity contribution is 5.89. The molecule has 12 nitrogen and oxygen atoms in total. The van der Waals surface area contributed by atoms with Crippen LogP contribution in [0, 0.1) is 5.92 Å². The van der Waals surface area contributed by atoms with Crippen LogP contribution in [-0.4, -0.2) is 58.0 Å². The van der Waals surface area contributed by atoms with Gasteiger partial charge in [0.25, 0.3) is 0 Å². The summed E-state index contributed by atoms with van der Waals surface area (Å²) in [5.41, 5.74) is 1.91. The smallest absolute Gasteiger partial charge is 0.424 e. The first kappa shape index (κ1) is 22.7. The first-order valence-corrected chi connectivity index (χ1v) is 10.3. The fourth-order valence-corrected chi connectivity index (χ4v) is 3.36. The summed E-state index contributed by atoms with van der Waals surface area (Å²) >= 11 is 0. The van der Waals surface area contributed by atoms with E-state index in [-0.39, 0.29) is 18.3 Å². The number of benzene rings is 1. The van der Waals surface area contributed by atoms with Crippen LogP contribution in [0.1, 0.15) is 30.4 Å². The zero-order valence-corrected chi connectivity index (χ0v) is 17.8. The highest BCUT2D eigenvalue weighted by Gasteiger charge is 2.55. The number of aliphatic hydroxyl groups excluding tert-OH is 1. The maximum atomic E-state index is 12.6. The van der Waals surface area contributed by atoms with Crippen LogP contribution in [0.2, 0.25) is 0 Å². The second kappa shape index (κ2) is 9.57. The number of ether oxygens (including phenoxy) is 4. The van der Waals surface area contributed by atoms with Crippen molar-refractivity contribution in [2.75, 3.05) is 12.1 Å². The quantitative estimate of drug-likeness (QED) is 0.332.